The number of nitrogens with one attached hydrogen (secondary N) is 1. The first-order valence-electron chi connectivity index (χ1n) is 7.90. The van der Waals surface area contributed by atoms with Gasteiger partial charge in [0.2, 0.25) is 5.91 Å². The summed E-state index contributed by atoms with van der Waals surface area (Å²) in [6.45, 7) is 5.78. The molecule has 0 bridgehead atoms. The van der Waals surface area contributed by atoms with Crippen molar-refractivity contribution in [3.8, 4) is 0 Å². The number of rotatable bonds is 4. The van der Waals surface area contributed by atoms with Gasteiger partial charge >= 0.3 is 0 Å². The van der Waals surface area contributed by atoms with Gasteiger partial charge in [-0.05, 0) is 18.8 Å². The van der Waals surface area contributed by atoms with Crippen molar-refractivity contribution >= 4 is 28.2 Å². The van der Waals surface area contributed by atoms with E-state index in [0.29, 0.717) is 17.6 Å². The Labute approximate surface area is 140 Å². The van der Waals surface area contributed by atoms with Crippen molar-refractivity contribution in [3.63, 3.8) is 0 Å². The number of nitrogens with zero attached hydrogens (tertiary/aromatic N) is 4. The molecule has 1 saturated heterocycles. The standard InChI is InChI=1S/C16H21N5OS/c1-11(2)13-10-23-16(19-13)20-15(22)12-4-3-7-21(9-12)14-8-17-5-6-18-14/h5-6,8,10-12H,3-4,7,9H2,1-2H3,(H,19,20,22). The number of thiazole rings is 1. The summed E-state index contributed by atoms with van der Waals surface area (Å²) < 4.78 is 0. The van der Waals surface area contributed by atoms with Crippen molar-refractivity contribution in [2.45, 2.75) is 32.6 Å². The molecule has 1 aliphatic rings. The van der Waals surface area contributed by atoms with Crippen LogP contribution >= 0.6 is 11.3 Å². The number of carbonyl (C=O) groups is 1. The zero-order chi connectivity index (χ0) is 16.2. The van der Waals surface area contributed by atoms with Gasteiger partial charge in [0.05, 0.1) is 17.8 Å². The smallest absolute Gasteiger partial charge is 0.231 e. The molecule has 1 aliphatic heterocycles. The van der Waals surface area contributed by atoms with E-state index in [1.54, 1.807) is 18.6 Å². The number of hydrogen-bond donors (Lipinski definition) is 1. The van der Waals surface area contributed by atoms with Crippen LogP contribution in [0.4, 0.5) is 10.9 Å². The topological polar surface area (TPSA) is 71.0 Å². The van der Waals surface area contributed by atoms with Gasteiger partial charge in [-0.3, -0.25) is 9.78 Å². The Morgan fingerprint density at radius 1 is 1.43 bits per heavy atom. The molecular formula is C16H21N5OS. The number of carbonyl (C=O) groups excluding carboxylic acids is 1. The van der Waals surface area contributed by atoms with Crippen LogP contribution in [0.15, 0.2) is 24.0 Å². The third-order valence-electron chi connectivity index (χ3n) is 4.01. The molecule has 1 unspecified atom stereocenters. The predicted octanol–water partition coefficient (Wildman–Crippen LogP) is 2.91. The van der Waals surface area contributed by atoms with Crippen LogP contribution in [0.2, 0.25) is 0 Å². The lowest BCUT2D eigenvalue weighted by molar-refractivity contribution is -0.120. The van der Waals surface area contributed by atoms with E-state index in [4.69, 9.17) is 0 Å². The Balaban J connectivity index is 1.62. The predicted molar refractivity (Wildman–Crippen MR) is 91.8 cm³/mol. The fourth-order valence-electron chi connectivity index (χ4n) is 2.67. The van der Waals surface area contributed by atoms with Gasteiger partial charge in [-0.2, -0.15) is 0 Å². The SMILES string of the molecule is CC(C)c1csc(NC(=O)C2CCCN(c3cnccn3)C2)n1. The molecule has 0 radical (unpaired) electrons. The molecule has 0 spiro atoms. The maximum Gasteiger partial charge on any atom is 0.231 e. The van der Waals surface area contributed by atoms with Crippen LogP contribution in [0, 0.1) is 5.92 Å². The number of hydrogen-bond acceptors (Lipinski definition) is 6. The fraction of sp³-hybridized carbons (Fsp3) is 0.500. The second kappa shape index (κ2) is 7.04. The highest BCUT2D eigenvalue weighted by atomic mass is 32.1. The van der Waals surface area contributed by atoms with Gasteiger partial charge in [-0.15, -0.1) is 11.3 Å². The van der Waals surface area contributed by atoms with Gasteiger partial charge in [0.1, 0.15) is 5.82 Å². The Hall–Kier alpha value is -2.02. The minimum Gasteiger partial charge on any atom is -0.355 e. The van der Waals surface area contributed by atoms with Gasteiger partial charge in [0.25, 0.3) is 0 Å². The molecule has 122 valence electrons. The summed E-state index contributed by atoms with van der Waals surface area (Å²) >= 11 is 1.49. The quantitative estimate of drug-likeness (QED) is 0.933. The molecule has 0 aromatic carbocycles. The zero-order valence-corrected chi connectivity index (χ0v) is 14.2. The molecule has 2 aromatic heterocycles. The summed E-state index contributed by atoms with van der Waals surface area (Å²) in [6.07, 6.45) is 6.96. The molecule has 1 atom stereocenters. The first-order chi connectivity index (χ1) is 11.1. The number of anilines is 2. The van der Waals surface area contributed by atoms with E-state index >= 15 is 0 Å². The maximum absolute atomic E-state index is 12.5. The third-order valence-corrected chi connectivity index (χ3v) is 4.79. The number of aromatic nitrogens is 3. The van der Waals surface area contributed by atoms with Gasteiger partial charge < -0.3 is 10.2 Å². The molecule has 0 saturated carbocycles. The molecule has 1 amide bonds. The second-order valence-electron chi connectivity index (χ2n) is 6.07. The minimum atomic E-state index is -0.0443. The van der Waals surface area contributed by atoms with Crippen molar-refractivity contribution in [1.82, 2.24) is 15.0 Å². The average molecular weight is 331 g/mol. The van der Waals surface area contributed by atoms with Crippen LogP contribution in [0.5, 0.6) is 0 Å². The monoisotopic (exact) mass is 331 g/mol. The van der Waals surface area contributed by atoms with Crippen LogP contribution in [0.25, 0.3) is 0 Å². The van der Waals surface area contributed by atoms with Crippen molar-refractivity contribution < 1.29 is 4.79 Å². The molecular weight excluding hydrogens is 310 g/mol. The Morgan fingerprint density at radius 2 is 2.30 bits per heavy atom. The Morgan fingerprint density at radius 3 is 3.00 bits per heavy atom. The lowest BCUT2D eigenvalue weighted by Crippen LogP contribution is -2.41. The lowest BCUT2D eigenvalue weighted by Gasteiger charge is -2.32. The van der Waals surface area contributed by atoms with E-state index in [1.165, 1.54) is 11.3 Å². The molecule has 1 fully saturated rings. The third kappa shape index (κ3) is 3.85. The minimum absolute atomic E-state index is 0.0443. The largest absolute Gasteiger partial charge is 0.355 e. The summed E-state index contributed by atoms with van der Waals surface area (Å²) in [5, 5.41) is 5.66. The molecule has 3 rings (SSSR count). The molecule has 23 heavy (non-hydrogen) atoms. The summed E-state index contributed by atoms with van der Waals surface area (Å²) in [7, 11) is 0. The molecule has 0 aliphatic carbocycles. The van der Waals surface area contributed by atoms with Crippen LogP contribution < -0.4 is 10.2 Å². The van der Waals surface area contributed by atoms with Gasteiger partial charge in [-0.25, -0.2) is 9.97 Å². The van der Waals surface area contributed by atoms with Crippen LogP contribution in [0.3, 0.4) is 0 Å². The molecule has 7 heteroatoms. The van der Waals surface area contributed by atoms with Crippen LogP contribution in [0.1, 0.15) is 38.3 Å². The summed E-state index contributed by atoms with van der Waals surface area (Å²) in [4.78, 5) is 27.5. The van der Waals surface area contributed by atoms with E-state index in [-0.39, 0.29) is 11.8 Å². The van der Waals surface area contributed by atoms with Gasteiger partial charge in [0.15, 0.2) is 5.13 Å². The van der Waals surface area contributed by atoms with E-state index in [1.807, 2.05) is 5.38 Å². The lowest BCUT2D eigenvalue weighted by atomic mass is 9.97. The Kier molecular flexibility index (Phi) is 4.85. The van der Waals surface area contributed by atoms with Crippen molar-refractivity contribution in [1.29, 1.82) is 0 Å². The zero-order valence-electron chi connectivity index (χ0n) is 13.4. The highest BCUT2D eigenvalue weighted by Gasteiger charge is 2.27. The first kappa shape index (κ1) is 15.9. The van der Waals surface area contributed by atoms with Crippen molar-refractivity contribution in [2.75, 3.05) is 23.3 Å². The summed E-state index contributed by atoms with van der Waals surface area (Å²) in [5.74, 6) is 1.21. The van der Waals surface area contributed by atoms with E-state index in [2.05, 4.69) is 39.0 Å². The first-order valence-corrected chi connectivity index (χ1v) is 8.78. The van der Waals surface area contributed by atoms with Gasteiger partial charge in [-0.1, -0.05) is 13.8 Å². The normalized spacial score (nSPS) is 18.2. The molecule has 1 N–H and O–H groups in total. The maximum atomic E-state index is 12.5. The summed E-state index contributed by atoms with van der Waals surface area (Å²) in [5.41, 5.74) is 1.02. The second-order valence-corrected chi connectivity index (χ2v) is 6.93. The van der Waals surface area contributed by atoms with E-state index in [0.717, 1.165) is 30.9 Å². The number of piperidine rings is 1. The van der Waals surface area contributed by atoms with Gasteiger partial charge in [0, 0.05) is 30.9 Å². The van der Waals surface area contributed by atoms with Crippen molar-refractivity contribution in [3.05, 3.63) is 29.7 Å². The van der Waals surface area contributed by atoms with E-state index in [9.17, 15) is 4.79 Å². The van der Waals surface area contributed by atoms with E-state index < -0.39 is 0 Å². The fourth-order valence-corrected chi connectivity index (χ4v) is 3.54. The highest BCUT2D eigenvalue weighted by molar-refractivity contribution is 7.13. The molecule has 6 nitrogen and oxygen atoms in total. The van der Waals surface area contributed by atoms with Crippen LogP contribution in [-0.4, -0.2) is 33.9 Å². The van der Waals surface area contributed by atoms with Crippen LogP contribution in [-0.2, 0) is 4.79 Å². The average Bonchev–Trinajstić information content (AvgIpc) is 3.04. The highest BCUT2D eigenvalue weighted by Crippen LogP contribution is 2.25. The molecule has 2 aromatic rings. The van der Waals surface area contributed by atoms with Crippen molar-refractivity contribution in [2.24, 2.45) is 5.92 Å². The number of amides is 1. The Bertz CT molecular complexity index is 658. The molecule has 3 heterocycles. The summed E-state index contributed by atoms with van der Waals surface area (Å²) in [6, 6.07) is 0.